The Morgan fingerprint density at radius 2 is 1.97 bits per heavy atom. The molecule has 1 saturated heterocycles. The van der Waals surface area contributed by atoms with Crippen molar-refractivity contribution < 1.29 is 8.42 Å². The highest BCUT2D eigenvalue weighted by Gasteiger charge is 2.27. The maximum atomic E-state index is 13.1. The lowest BCUT2D eigenvalue weighted by atomic mass is 10.1. The van der Waals surface area contributed by atoms with Gasteiger partial charge in [-0.15, -0.1) is 11.3 Å². The van der Waals surface area contributed by atoms with Gasteiger partial charge in [0.2, 0.25) is 0 Å². The summed E-state index contributed by atoms with van der Waals surface area (Å²) >= 11 is 3.06. The molecule has 1 fully saturated rings. The molecule has 10 heteroatoms. The summed E-state index contributed by atoms with van der Waals surface area (Å²) in [7, 11) is -1.99. The fraction of sp³-hybridized carbons (Fsp3) is 0.458. The SMILES string of the molecule is CC1CN(CCC2CN=C(c3cc4cccc(N(C)S(=O)(=O)c5cccs5)c4[nH]3)S2)CC(C)N1. The molecular weight excluding hydrogens is 486 g/mol. The Kier molecular flexibility index (Phi) is 6.78. The van der Waals surface area contributed by atoms with Gasteiger partial charge in [0.1, 0.15) is 9.25 Å². The number of aliphatic imine (C=N–C) groups is 1. The number of aromatic amines is 1. The van der Waals surface area contributed by atoms with Crippen LogP contribution in [0.25, 0.3) is 10.9 Å². The van der Waals surface area contributed by atoms with Gasteiger partial charge in [-0.25, -0.2) is 8.42 Å². The zero-order valence-electron chi connectivity index (χ0n) is 19.7. The molecular formula is C24H31N5O2S3. The first-order valence-electron chi connectivity index (χ1n) is 11.7. The summed E-state index contributed by atoms with van der Waals surface area (Å²) in [6.07, 6.45) is 1.12. The maximum Gasteiger partial charge on any atom is 0.273 e. The van der Waals surface area contributed by atoms with Gasteiger partial charge in [-0.2, -0.15) is 0 Å². The fourth-order valence-electron chi connectivity index (χ4n) is 4.86. The van der Waals surface area contributed by atoms with Crippen molar-refractivity contribution in [3.05, 3.63) is 47.5 Å². The molecule has 2 aliphatic heterocycles. The molecule has 2 N–H and O–H groups in total. The first-order chi connectivity index (χ1) is 16.3. The van der Waals surface area contributed by atoms with Crippen LogP contribution < -0.4 is 9.62 Å². The second-order valence-corrected chi connectivity index (χ2v) is 13.7. The minimum atomic E-state index is -3.60. The number of hydrogen-bond donors (Lipinski definition) is 2. The number of nitrogens with one attached hydrogen (secondary N) is 2. The van der Waals surface area contributed by atoms with E-state index in [0.717, 1.165) is 54.2 Å². The van der Waals surface area contributed by atoms with E-state index in [4.69, 9.17) is 4.99 Å². The highest BCUT2D eigenvalue weighted by Crippen LogP contribution is 2.34. The molecule has 3 unspecified atom stereocenters. The Hall–Kier alpha value is -1.85. The van der Waals surface area contributed by atoms with E-state index in [0.29, 0.717) is 27.2 Å². The monoisotopic (exact) mass is 517 g/mol. The third-order valence-electron chi connectivity index (χ3n) is 6.43. The van der Waals surface area contributed by atoms with E-state index in [1.165, 1.54) is 15.6 Å². The maximum absolute atomic E-state index is 13.1. The smallest absolute Gasteiger partial charge is 0.273 e. The van der Waals surface area contributed by atoms with E-state index >= 15 is 0 Å². The number of anilines is 1. The standard InChI is InChI=1S/C24H31N5O2S3/c1-16-14-29(15-17(2)26-16)10-9-19-13-25-24(33-19)20-12-18-6-4-7-21(23(18)27-20)28(3)34(30,31)22-8-5-11-32-22/h4-8,11-12,16-17,19,26-27H,9-10,13-15H2,1-3H3. The van der Waals surface area contributed by atoms with Crippen molar-refractivity contribution in [2.24, 2.45) is 4.99 Å². The van der Waals surface area contributed by atoms with Crippen LogP contribution in [0.3, 0.4) is 0 Å². The normalized spacial score (nSPS) is 24.0. The van der Waals surface area contributed by atoms with Gasteiger partial charge in [-0.3, -0.25) is 9.30 Å². The summed E-state index contributed by atoms with van der Waals surface area (Å²) < 4.78 is 27.8. The highest BCUT2D eigenvalue weighted by molar-refractivity contribution is 8.15. The molecule has 3 aromatic rings. The minimum Gasteiger partial charge on any atom is -0.351 e. The summed E-state index contributed by atoms with van der Waals surface area (Å²) in [6, 6.07) is 12.3. The molecule has 4 heterocycles. The number of piperazine rings is 1. The zero-order chi connectivity index (χ0) is 23.9. The number of rotatable bonds is 7. The predicted molar refractivity (Wildman–Crippen MR) is 144 cm³/mol. The van der Waals surface area contributed by atoms with E-state index in [2.05, 4.69) is 35.1 Å². The molecule has 7 nitrogen and oxygen atoms in total. The molecule has 0 saturated carbocycles. The van der Waals surface area contributed by atoms with E-state index in [1.54, 1.807) is 24.6 Å². The van der Waals surface area contributed by atoms with Crippen LogP contribution in [0.15, 0.2) is 51.0 Å². The summed E-state index contributed by atoms with van der Waals surface area (Å²) in [5.41, 5.74) is 2.41. The quantitative estimate of drug-likeness (QED) is 0.495. The predicted octanol–water partition coefficient (Wildman–Crippen LogP) is 3.99. The lowest BCUT2D eigenvalue weighted by molar-refractivity contribution is 0.172. The second kappa shape index (κ2) is 9.66. The molecule has 2 aromatic heterocycles. The van der Waals surface area contributed by atoms with Gasteiger partial charge in [-0.1, -0.05) is 30.0 Å². The number of aromatic nitrogens is 1. The lowest BCUT2D eigenvalue weighted by Crippen LogP contribution is -2.54. The molecule has 2 aliphatic rings. The van der Waals surface area contributed by atoms with Crippen molar-refractivity contribution in [3.63, 3.8) is 0 Å². The molecule has 0 aliphatic carbocycles. The summed E-state index contributed by atoms with van der Waals surface area (Å²) in [5, 5.41) is 7.84. The lowest BCUT2D eigenvalue weighted by Gasteiger charge is -2.36. The molecule has 34 heavy (non-hydrogen) atoms. The Morgan fingerprint density at radius 3 is 2.71 bits per heavy atom. The van der Waals surface area contributed by atoms with E-state index in [-0.39, 0.29) is 0 Å². The van der Waals surface area contributed by atoms with Crippen molar-refractivity contribution >= 4 is 54.8 Å². The average molecular weight is 518 g/mol. The third-order valence-corrected chi connectivity index (χ3v) is 10.9. The first kappa shape index (κ1) is 23.9. The fourth-order valence-corrected chi connectivity index (χ4v) is 8.30. The molecule has 0 amide bonds. The number of thiophene rings is 1. The first-order valence-corrected chi connectivity index (χ1v) is 14.9. The van der Waals surface area contributed by atoms with Gasteiger partial charge in [0.05, 0.1) is 23.4 Å². The van der Waals surface area contributed by atoms with Gasteiger partial charge < -0.3 is 15.2 Å². The van der Waals surface area contributed by atoms with Crippen LogP contribution in [0, 0.1) is 0 Å². The van der Waals surface area contributed by atoms with Gasteiger partial charge in [0.25, 0.3) is 10.0 Å². The Morgan fingerprint density at radius 1 is 1.18 bits per heavy atom. The van der Waals surface area contributed by atoms with Crippen molar-refractivity contribution in [2.75, 3.05) is 37.5 Å². The molecule has 0 spiro atoms. The van der Waals surface area contributed by atoms with Crippen molar-refractivity contribution in [1.82, 2.24) is 15.2 Å². The Bertz CT molecular complexity index is 1280. The van der Waals surface area contributed by atoms with Crippen LogP contribution in [0.2, 0.25) is 0 Å². The number of nitrogens with zero attached hydrogens (tertiary/aromatic N) is 3. The number of thioether (sulfide) groups is 1. The van der Waals surface area contributed by atoms with Crippen LogP contribution in [0.5, 0.6) is 0 Å². The second-order valence-electron chi connectivity index (χ2n) is 9.23. The van der Waals surface area contributed by atoms with Gasteiger partial charge in [0.15, 0.2) is 0 Å². The van der Waals surface area contributed by atoms with Crippen LogP contribution in [-0.4, -0.2) is 73.9 Å². The number of H-pyrrole nitrogens is 1. The molecule has 3 atom stereocenters. The number of sulfonamides is 1. The number of benzene rings is 1. The topological polar surface area (TPSA) is 80.8 Å². The van der Waals surface area contributed by atoms with E-state index in [9.17, 15) is 8.42 Å². The van der Waals surface area contributed by atoms with Crippen molar-refractivity contribution in [2.45, 2.75) is 41.8 Å². The summed E-state index contributed by atoms with van der Waals surface area (Å²) in [5.74, 6) is 0. The third kappa shape index (κ3) is 4.79. The highest BCUT2D eigenvalue weighted by atomic mass is 32.2. The zero-order valence-corrected chi connectivity index (χ0v) is 22.1. The van der Waals surface area contributed by atoms with Gasteiger partial charge in [0, 0.05) is 42.9 Å². The summed E-state index contributed by atoms with van der Waals surface area (Å²) in [4.78, 5) is 10.9. The Balaban J connectivity index is 1.29. The van der Waals surface area contributed by atoms with Gasteiger partial charge >= 0.3 is 0 Å². The molecule has 182 valence electrons. The van der Waals surface area contributed by atoms with Crippen LogP contribution in [0.1, 0.15) is 26.0 Å². The van der Waals surface area contributed by atoms with Gasteiger partial charge in [-0.05, 0) is 50.4 Å². The Labute approximate surface area is 209 Å². The molecule has 5 rings (SSSR count). The number of hydrogen-bond acceptors (Lipinski definition) is 7. The van der Waals surface area contributed by atoms with E-state index in [1.807, 2.05) is 30.0 Å². The molecule has 1 aromatic carbocycles. The molecule has 0 bridgehead atoms. The van der Waals surface area contributed by atoms with Crippen molar-refractivity contribution in [3.8, 4) is 0 Å². The number of para-hydroxylation sites is 1. The minimum absolute atomic E-state index is 0.339. The number of fused-ring (bicyclic) bond motifs is 1. The van der Waals surface area contributed by atoms with Crippen LogP contribution >= 0.6 is 23.1 Å². The largest absolute Gasteiger partial charge is 0.351 e. The van der Waals surface area contributed by atoms with E-state index < -0.39 is 10.0 Å². The van der Waals surface area contributed by atoms with Crippen LogP contribution in [0.4, 0.5) is 5.69 Å². The van der Waals surface area contributed by atoms with Crippen LogP contribution in [-0.2, 0) is 10.0 Å². The summed E-state index contributed by atoms with van der Waals surface area (Å²) in [6.45, 7) is 8.62. The molecule has 0 radical (unpaired) electrons. The average Bonchev–Trinajstić information content (AvgIpc) is 3.56. The van der Waals surface area contributed by atoms with Crippen molar-refractivity contribution in [1.29, 1.82) is 0 Å².